The first-order chi connectivity index (χ1) is 14.0. The molecule has 2 aromatic carbocycles. The number of halogens is 2. The lowest BCUT2D eigenvalue weighted by molar-refractivity contribution is -0.122. The summed E-state index contributed by atoms with van der Waals surface area (Å²) in [5.41, 5.74) is 1.61. The van der Waals surface area contributed by atoms with Crippen LogP contribution in [-0.4, -0.2) is 22.2 Å². The summed E-state index contributed by atoms with van der Waals surface area (Å²) < 4.78 is 21.9. The second-order valence-electron chi connectivity index (χ2n) is 7.70. The van der Waals surface area contributed by atoms with Gasteiger partial charge in [0.05, 0.1) is 40.0 Å². The van der Waals surface area contributed by atoms with E-state index < -0.39 is 5.41 Å². The van der Waals surface area contributed by atoms with Crippen LogP contribution in [0, 0.1) is 23.1 Å². The normalized spacial score (nSPS) is 23.6. The summed E-state index contributed by atoms with van der Waals surface area (Å²) in [7, 11) is 0. The second-order valence-corrected chi connectivity index (χ2v) is 8.49. The first kappa shape index (κ1) is 18.3. The third-order valence-corrected chi connectivity index (χ3v) is 6.92. The molecule has 1 saturated carbocycles. The maximum Gasteiger partial charge on any atom is 0.140 e. The van der Waals surface area contributed by atoms with Crippen LogP contribution in [0.5, 0.6) is 5.75 Å². The van der Waals surface area contributed by atoms with E-state index in [4.69, 9.17) is 4.74 Å². The van der Waals surface area contributed by atoms with Crippen LogP contribution in [0.2, 0.25) is 0 Å². The van der Waals surface area contributed by atoms with E-state index in [1.54, 1.807) is 23.0 Å². The molecule has 0 unspecified atom stereocenters. The molecule has 29 heavy (non-hydrogen) atoms. The molecule has 1 aliphatic carbocycles. The molecule has 1 aliphatic heterocycles. The highest BCUT2D eigenvalue weighted by Crippen LogP contribution is 2.52. The van der Waals surface area contributed by atoms with Crippen molar-refractivity contribution in [1.82, 2.24) is 9.78 Å². The fourth-order valence-electron chi connectivity index (χ4n) is 4.69. The van der Waals surface area contributed by atoms with E-state index in [0.717, 1.165) is 26.6 Å². The molecule has 1 aromatic heterocycles. The number of nitriles is 1. The first-order valence-electron chi connectivity index (χ1n) is 9.56. The molecule has 2 atom stereocenters. The van der Waals surface area contributed by atoms with Crippen LogP contribution in [-0.2, 0) is 10.2 Å². The predicted molar refractivity (Wildman–Crippen MR) is 108 cm³/mol. The van der Waals surface area contributed by atoms with E-state index in [1.165, 1.54) is 12.1 Å². The topological polar surface area (TPSA) is 67.9 Å². The van der Waals surface area contributed by atoms with E-state index >= 15 is 0 Å². The van der Waals surface area contributed by atoms with Crippen molar-refractivity contribution in [3.8, 4) is 17.5 Å². The van der Waals surface area contributed by atoms with Gasteiger partial charge in [-0.2, -0.15) is 10.4 Å². The van der Waals surface area contributed by atoms with Gasteiger partial charge in [-0.1, -0.05) is 0 Å². The molecule has 5 rings (SSSR count). The number of hydrogen-bond acceptors (Lipinski definition) is 4. The molecule has 0 N–H and O–H groups in total. The molecule has 0 radical (unpaired) electrons. The Kier molecular flexibility index (Phi) is 4.21. The summed E-state index contributed by atoms with van der Waals surface area (Å²) >= 11 is 3.69. The highest BCUT2D eigenvalue weighted by Gasteiger charge is 2.48. The largest absolute Gasteiger partial charge is 0.492 e. The molecule has 0 amide bonds. The van der Waals surface area contributed by atoms with Crippen molar-refractivity contribution in [2.24, 2.45) is 5.92 Å². The number of rotatable bonds is 1. The maximum atomic E-state index is 13.3. The van der Waals surface area contributed by atoms with Crippen LogP contribution < -0.4 is 4.74 Å². The molecular weight excluding hydrogens is 437 g/mol. The Labute approximate surface area is 175 Å². The zero-order valence-corrected chi connectivity index (χ0v) is 17.1. The highest BCUT2D eigenvalue weighted by molar-refractivity contribution is 9.10. The summed E-state index contributed by atoms with van der Waals surface area (Å²) in [6.45, 7) is 0.448. The van der Waals surface area contributed by atoms with E-state index in [2.05, 4.69) is 27.1 Å². The number of ether oxygens (including phenoxy) is 1. The van der Waals surface area contributed by atoms with E-state index in [1.807, 2.05) is 6.07 Å². The Bertz CT molecular complexity index is 1180. The molecule has 0 spiro atoms. The van der Waals surface area contributed by atoms with Gasteiger partial charge < -0.3 is 4.74 Å². The van der Waals surface area contributed by atoms with E-state index in [9.17, 15) is 14.4 Å². The summed E-state index contributed by atoms with van der Waals surface area (Å²) in [5, 5.41) is 15.6. The van der Waals surface area contributed by atoms with Crippen molar-refractivity contribution in [3.63, 3.8) is 0 Å². The fraction of sp³-hybridized carbons (Fsp3) is 0.318. The quantitative estimate of drug-likeness (QED) is 0.528. The number of nitrogens with zero attached hydrogens (tertiary/aromatic N) is 3. The van der Waals surface area contributed by atoms with Crippen molar-refractivity contribution in [3.05, 3.63) is 52.4 Å². The predicted octanol–water partition coefficient (Wildman–Crippen LogP) is 4.84. The Morgan fingerprint density at radius 3 is 2.90 bits per heavy atom. The van der Waals surface area contributed by atoms with Gasteiger partial charge in [0, 0.05) is 23.8 Å². The number of benzene rings is 2. The molecule has 1 fully saturated rings. The van der Waals surface area contributed by atoms with Gasteiger partial charge in [-0.3, -0.25) is 4.79 Å². The van der Waals surface area contributed by atoms with Gasteiger partial charge in [0.15, 0.2) is 0 Å². The molecule has 0 bridgehead atoms. The summed E-state index contributed by atoms with van der Waals surface area (Å²) in [6.07, 6.45) is 3.74. The van der Waals surface area contributed by atoms with Gasteiger partial charge in [0.1, 0.15) is 17.3 Å². The smallest absolute Gasteiger partial charge is 0.140 e. The monoisotopic (exact) mass is 453 g/mol. The second kappa shape index (κ2) is 6.67. The van der Waals surface area contributed by atoms with Crippen LogP contribution in [0.4, 0.5) is 4.39 Å². The minimum Gasteiger partial charge on any atom is -0.492 e. The zero-order valence-electron chi connectivity index (χ0n) is 15.5. The molecular formula is C22H17BrFN3O2. The Morgan fingerprint density at radius 2 is 2.14 bits per heavy atom. The third-order valence-electron chi connectivity index (χ3n) is 6.18. The lowest BCUT2D eigenvalue weighted by atomic mass is 9.62. The number of Topliss-reactive ketones (excluding diaryl/α,β-unsaturated/α-hetero) is 1. The van der Waals surface area contributed by atoms with Gasteiger partial charge in [0.25, 0.3) is 0 Å². The molecule has 5 nitrogen and oxygen atoms in total. The minimum absolute atomic E-state index is 0.0495. The summed E-state index contributed by atoms with van der Waals surface area (Å²) in [6, 6.07) is 10.6. The lowest BCUT2D eigenvalue weighted by Gasteiger charge is -2.37. The van der Waals surface area contributed by atoms with Crippen LogP contribution >= 0.6 is 15.9 Å². The number of carbonyl (C=O) groups excluding carboxylic acids is 1. The van der Waals surface area contributed by atoms with E-state index in [-0.39, 0.29) is 17.5 Å². The molecule has 146 valence electrons. The van der Waals surface area contributed by atoms with Gasteiger partial charge in [-0.15, -0.1) is 0 Å². The van der Waals surface area contributed by atoms with Crippen LogP contribution in [0.3, 0.4) is 0 Å². The van der Waals surface area contributed by atoms with Gasteiger partial charge in [-0.25, -0.2) is 9.07 Å². The first-order valence-corrected chi connectivity index (χ1v) is 10.4. The minimum atomic E-state index is -0.742. The number of carbonyl (C=O) groups is 1. The molecule has 7 heteroatoms. The van der Waals surface area contributed by atoms with Crippen molar-refractivity contribution in [2.75, 3.05) is 6.61 Å². The van der Waals surface area contributed by atoms with Gasteiger partial charge >= 0.3 is 0 Å². The molecule has 3 aromatic rings. The van der Waals surface area contributed by atoms with Gasteiger partial charge in [-0.05, 0) is 65.0 Å². The maximum absolute atomic E-state index is 13.3. The average Bonchev–Trinajstić information content (AvgIpc) is 3.08. The number of fused-ring (bicyclic) bond motifs is 4. The molecule has 2 heterocycles. The fourth-order valence-corrected chi connectivity index (χ4v) is 5.41. The summed E-state index contributed by atoms with van der Waals surface area (Å²) in [5.74, 6) is 0.496. The Hall–Kier alpha value is -2.72. The number of hydrogen-bond donors (Lipinski definition) is 0. The number of ketones is 1. The SMILES string of the molecule is N#C[C@@]12CCC(=O)C[C@H]1CCOc1c2cc2cnn(-c3ccc(F)cc3)c2c1Br. The van der Waals surface area contributed by atoms with Crippen LogP contribution in [0.25, 0.3) is 16.6 Å². The van der Waals surface area contributed by atoms with Crippen LogP contribution in [0.1, 0.15) is 31.2 Å². The molecule has 0 saturated heterocycles. The Morgan fingerprint density at radius 1 is 1.34 bits per heavy atom. The highest BCUT2D eigenvalue weighted by atomic mass is 79.9. The third kappa shape index (κ3) is 2.70. The standard InChI is InChI=1S/C22H17BrFN3O2/c23-19-20-13(11-26-27(20)16-3-1-15(24)2-4-16)9-18-21(19)29-8-6-14-10-17(28)5-7-22(14,18)12-25/h1-4,9,11,14H,5-8,10H2/t14-,22+/m1/s1. The number of aromatic nitrogens is 2. The average molecular weight is 454 g/mol. The summed E-state index contributed by atoms with van der Waals surface area (Å²) in [4.78, 5) is 12.1. The lowest BCUT2D eigenvalue weighted by Crippen LogP contribution is -2.39. The Balaban J connectivity index is 1.74. The van der Waals surface area contributed by atoms with E-state index in [0.29, 0.717) is 38.0 Å². The van der Waals surface area contributed by atoms with Crippen LogP contribution in [0.15, 0.2) is 41.0 Å². The van der Waals surface area contributed by atoms with Crippen molar-refractivity contribution < 1.29 is 13.9 Å². The van der Waals surface area contributed by atoms with Gasteiger partial charge in [0.2, 0.25) is 0 Å². The van der Waals surface area contributed by atoms with Crippen molar-refractivity contribution >= 4 is 32.6 Å². The van der Waals surface area contributed by atoms with Crippen molar-refractivity contribution in [1.29, 1.82) is 5.26 Å². The molecule has 2 aliphatic rings. The van der Waals surface area contributed by atoms with Crippen molar-refractivity contribution in [2.45, 2.75) is 31.1 Å². The zero-order chi connectivity index (χ0) is 20.2.